The molecule has 1 amide bonds. The summed E-state index contributed by atoms with van der Waals surface area (Å²) < 4.78 is 13.0. The Hall–Kier alpha value is -1.44. The summed E-state index contributed by atoms with van der Waals surface area (Å²) in [6, 6.07) is 0.312. The lowest BCUT2D eigenvalue weighted by atomic mass is 9.65. The summed E-state index contributed by atoms with van der Waals surface area (Å²) in [5, 5.41) is 14.4. The van der Waals surface area contributed by atoms with Gasteiger partial charge in [-0.05, 0) is 100 Å². The quantitative estimate of drug-likeness (QED) is 0.174. The molecule has 41 heavy (non-hydrogen) atoms. The summed E-state index contributed by atoms with van der Waals surface area (Å²) in [4.78, 5) is 25.9. The third kappa shape index (κ3) is 9.27. The number of carbonyl (C=O) groups excluding carboxylic acids is 2. The Balaban J connectivity index is 1.71. The third-order valence-electron chi connectivity index (χ3n) is 10.3. The highest BCUT2D eigenvalue weighted by molar-refractivity contribution is 6.74. The first kappa shape index (κ1) is 34.1. The van der Waals surface area contributed by atoms with Crippen LogP contribution in [-0.4, -0.2) is 49.7 Å². The second kappa shape index (κ2) is 13.5. The van der Waals surface area contributed by atoms with Gasteiger partial charge in [0.2, 0.25) is 5.91 Å². The standard InChI is InChI=1S/C34H59NO5Si/c1-11-34(7,8)32(38)39-29-19-22(2)18-24-13-12-23(3)28(31(24)29)17-16-26(36)20-27(21-30(37)35-25-14-15-25)40-41(9,10)33(4,5)6/h12-13,18,22-23,25-29,31,36H,11,14-17,19-21H2,1-10H3,(H,35,37). The summed E-state index contributed by atoms with van der Waals surface area (Å²) in [6.45, 7) is 21.4. The summed E-state index contributed by atoms with van der Waals surface area (Å²) in [5.74, 6) is 0.993. The smallest absolute Gasteiger partial charge is 0.311 e. The maximum Gasteiger partial charge on any atom is 0.311 e. The Morgan fingerprint density at radius 3 is 2.39 bits per heavy atom. The molecule has 0 aromatic heterocycles. The molecule has 1 saturated carbocycles. The van der Waals surface area contributed by atoms with Crippen LogP contribution < -0.4 is 5.32 Å². The molecule has 1 fully saturated rings. The number of nitrogens with one attached hydrogen (secondary N) is 1. The minimum atomic E-state index is -2.12. The summed E-state index contributed by atoms with van der Waals surface area (Å²) in [6.07, 6.45) is 11.7. The Bertz CT molecular complexity index is 976. The minimum absolute atomic E-state index is 0.0205. The van der Waals surface area contributed by atoms with Crippen molar-refractivity contribution in [3.8, 4) is 0 Å². The fourth-order valence-corrected chi connectivity index (χ4v) is 7.32. The van der Waals surface area contributed by atoms with Crippen molar-refractivity contribution in [1.29, 1.82) is 0 Å². The summed E-state index contributed by atoms with van der Waals surface area (Å²) in [5.41, 5.74) is 0.765. The Kier molecular flexibility index (Phi) is 11.2. The molecule has 0 heterocycles. The zero-order valence-corrected chi connectivity index (χ0v) is 28.6. The van der Waals surface area contributed by atoms with Gasteiger partial charge in [0, 0.05) is 12.0 Å². The lowest BCUT2D eigenvalue weighted by Crippen LogP contribution is -2.46. The molecule has 0 aromatic rings. The zero-order chi connectivity index (χ0) is 30.8. The fraction of sp³-hybridized carbons (Fsp3) is 0.824. The maximum atomic E-state index is 13.1. The second-order valence-electron chi connectivity index (χ2n) is 15.5. The van der Waals surface area contributed by atoms with E-state index in [1.807, 2.05) is 20.8 Å². The number of rotatable bonds is 13. The molecule has 3 aliphatic carbocycles. The van der Waals surface area contributed by atoms with E-state index in [0.29, 0.717) is 37.1 Å². The molecule has 3 rings (SSSR count). The van der Waals surface area contributed by atoms with Gasteiger partial charge in [-0.2, -0.15) is 0 Å². The predicted octanol–water partition coefficient (Wildman–Crippen LogP) is 7.33. The van der Waals surface area contributed by atoms with Crippen LogP contribution in [0.3, 0.4) is 0 Å². The predicted molar refractivity (Wildman–Crippen MR) is 169 cm³/mol. The average molecular weight is 590 g/mol. The van der Waals surface area contributed by atoms with Crippen molar-refractivity contribution >= 4 is 20.2 Å². The van der Waals surface area contributed by atoms with E-state index in [0.717, 1.165) is 32.1 Å². The fourth-order valence-electron chi connectivity index (χ4n) is 5.96. The van der Waals surface area contributed by atoms with Crippen LogP contribution in [0.2, 0.25) is 18.1 Å². The number of allylic oxidation sites excluding steroid dienone is 3. The van der Waals surface area contributed by atoms with Gasteiger partial charge in [0.25, 0.3) is 0 Å². The van der Waals surface area contributed by atoms with Gasteiger partial charge in [0.15, 0.2) is 8.32 Å². The molecule has 0 radical (unpaired) electrons. The Morgan fingerprint density at radius 1 is 1.15 bits per heavy atom. The molecule has 0 aliphatic heterocycles. The molecule has 7 heteroatoms. The number of carbonyl (C=O) groups is 2. The van der Waals surface area contributed by atoms with Crippen molar-refractivity contribution in [1.82, 2.24) is 5.32 Å². The van der Waals surface area contributed by atoms with Gasteiger partial charge in [-0.3, -0.25) is 9.59 Å². The van der Waals surface area contributed by atoms with Crippen LogP contribution in [0.5, 0.6) is 0 Å². The van der Waals surface area contributed by atoms with E-state index in [9.17, 15) is 14.7 Å². The van der Waals surface area contributed by atoms with E-state index in [2.05, 4.69) is 71.3 Å². The zero-order valence-electron chi connectivity index (χ0n) is 27.6. The van der Waals surface area contributed by atoms with E-state index >= 15 is 0 Å². The maximum absolute atomic E-state index is 13.1. The SMILES string of the molecule is CCC(C)(C)C(=O)OC1CC(C)C=C2C=CC(C)C(CCC(O)CC(CC(=O)NC3CC3)O[Si](C)(C)C(C)(C)C)C21. The van der Waals surface area contributed by atoms with Gasteiger partial charge >= 0.3 is 5.97 Å². The number of hydrogen-bond donors (Lipinski definition) is 2. The van der Waals surface area contributed by atoms with E-state index < -0.39 is 19.8 Å². The topological polar surface area (TPSA) is 84.9 Å². The van der Waals surface area contributed by atoms with E-state index in [1.165, 1.54) is 5.57 Å². The number of amides is 1. The number of aliphatic hydroxyl groups is 1. The molecule has 0 aromatic carbocycles. The second-order valence-corrected chi connectivity index (χ2v) is 20.2. The number of esters is 1. The van der Waals surface area contributed by atoms with Crippen molar-refractivity contribution in [3.05, 3.63) is 23.8 Å². The van der Waals surface area contributed by atoms with Crippen LogP contribution in [0.1, 0.15) is 107 Å². The van der Waals surface area contributed by atoms with Crippen LogP contribution in [0.25, 0.3) is 0 Å². The lowest BCUT2D eigenvalue weighted by molar-refractivity contribution is -0.164. The van der Waals surface area contributed by atoms with Gasteiger partial charge in [-0.15, -0.1) is 0 Å². The van der Waals surface area contributed by atoms with Crippen LogP contribution in [0, 0.1) is 29.1 Å². The average Bonchev–Trinajstić information content (AvgIpc) is 3.66. The molecule has 234 valence electrons. The van der Waals surface area contributed by atoms with Crippen LogP contribution in [-0.2, 0) is 18.8 Å². The van der Waals surface area contributed by atoms with Gasteiger partial charge in [-0.1, -0.05) is 59.8 Å². The van der Waals surface area contributed by atoms with Crippen LogP contribution in [0.4, 0.5) is 0 Å². The molecule has 7 unspecified atom stereocenters. The highest BCUT2D eigenvalue weighted by atomic mass is 28.4. The van der Waals surface area contributed by atoms with Gasteiger partial charge in [0.1, 0.15) is 6.10 Å². The molecular weight excluding hydrogens is 530 g/mol. The Morgan fingerprint density at radius 2 is 1.80 bits per heavy atom. The molecule has 3 aliphatic rings. The molecule has 2 N–H and O–H groups in total. The number of fused-ring (bicyclic) bond motifs is 1. The third-order valence-corrected chi connectivity index (χ3v) is 14.8. The first-order valence-corrected chi connectivity index (χ1v) is 19.1. The summed E-state index contributed by atoms with van der Waals surface area (Å²) in [7, 11) is -2.12. The lowest BCUT2D eigenvalue weighted by Gasteiger charge is -2.44. The van der Waals surface area contributed by atoms with Gasteiger partial charge in [0.05, 0.1) is 24.0 Å². The summed E-state index contributed by atoms with van der Waals surface area (Å²) >= 11 is 0. The molecule has 6 nitrogen and oxygen atoms in total. The number of ether oxygens (including phenoxy) is 1. The molecular formula is C34H59NO5Si. The van der Waals surface area contributed by atoms with Crippen molar-refractivity contribution in [2.75, 3.05) is 0 Å². The Labute approximate surface area is 251 Å². The monoisotopic (exact) mass is 589 g/mol. The first-order valence-electron chi connectivity index (χ1n) is 16.2. The van der Waals surface area contributed by atoms with Crippen LogP contribution in [0.15, 0.2) is 23.8 Å². The number of hydrogen-bond acceptors (Lipinski definition) is 5. The van der Waals surface area contributed by atoms with E-state index in [4.69, 9.17) is 9.16 Å². The minimum Gasteiger partial charge on any atom is -0.461 e. The largest absolute Gasteiger partial charge is 0.461 e. The van der Waals surface area contributed by atoms with Crippen molar-refractivity contribution in [2.45, 2.75) is 149 Å². The first-order chi connectivity index (χ1) is 18.9. The van der Waals surface area contributed by atoms with Gasteiger partial charge < -0.3 is 19.6 Å². The van der Waals surface area contributed by atoms with Crippen molar-refractivity contribution < 1.29 is 23.9 Å². The highest BCUT2D eigenvalue weighted by Crippen LogP contribution is 2.46. The van der Waals surface area contributed by atoms with Crippen molar-refractivity contribution in [3.63, 3.8) is 0 Å². The van der Waals surface area contributed by atoms with E-state index in [1.54, 1.807) is 0 Å². The molecule has 0 saturated heterocycles. The molecule has 7 atom stereocenters. The van der Waals surface area contributed by atoms with Crippen LogP contribution >= 0.6 is 0 Å². The molecule has 0 bridgehead atoms. The van der Waals surface area contributed by atoms with Gasteiger partial charge in [-0.25, -0.2) is 0 Å². The molecule has 0 spiro atoms. The number of aliphatic hydroxyl groups excluding tert-OH is 1. The highest BCUT2D eigenvalue weighted by Gasteiger charge is 2.44. The normalized spacial score (nSPS) is 28.4. The van der Waals surface area contributed by atoms with E-state index in [-0.39, 0.29) is 41.0 Å². The van der Waals surface area contributed by atoms with Crippen molar-refractivity contribution in [2.24, 2.45) is 29.1 Å².